The molecule has 2 rings (SSSR count). The van der Waals surface area contributed by atoms with Crippen molar-refractivity contribution in [1.29, 1.82) is 0 Å². The van der Waals surface area contributed by atoms with E-state index >= 15 is 0 Å². The minimum atomic E-state index is -3.28. The molecule has 1 aliphatic carbocycles. The van der Waals surface area contributed by atoms with Gasteiger partial charge in [-0.15, -0.1) is 0 Å². The van der Waals surface area contributed by atoms with Crippen molar-refractivity contribution in [3.8, 4) is 0 Å². The summed E-state index contributed by atoms with van der Waals surface area (Å²) < 4.78 is 39.6. The highest BCUT2D eigenvalue weighted by atomic mass is 32.2. The van der Waals surface area contributed by atoms with Crippen LogP contribution in [0.1, 0.15) is 56.2 Å². The first kappa shape index (κ1) is 20.8. The average molecular weight is 385 g/mol. The summed E-state index contributed by atoms with van der Waals surface area (Å²) in [6.45, 7) is 6.52. The van der Waals surface area contributed by atoms with E-state index in [-0.39, 0.29) is 17.9 Å². The second-order valence-corrected chi connectivity index (χ2v) is 9.67. The summed E-state index contributed by atoms with van der Waals surface area (Å²) >= 11 is 0. The number of hydrogen-bond acceptors (Lipinski definition) is 3. The zero-order valence-corrected chi connectivity index (χ0v) is 16.7. The number of alkyl halides is 1. The van der Waals surface area contributed by atoms with E-state index in [0.717, 1.165) is 11.1 Å². The Morgan fingerprint density at radius 2 is 1.77 bits per heavy atom. The highest BCUT2D eigenvalue weighted by molar-refractivity contribution is 7.90. The fourth-order valence-electron chi connectivity index (χ4n) is 3.23. The number of amides is 1. The molecule has 5 nitrogen and oxygen atoms in total. The maximum absolute atomic E-state index is 12.9. The van der Waals surface area contributed by atoms with Gasteiger partial charge in [0, 0.05) is 17.6 Å². The predicted octanol–water partition coefficient (Wildman–Crippen LogP) is 3.60. The number of rotatable bonds is 6. The van der Waals surface area contributed by atoms with E-state index in [1.807, 2.05) is 13.8 Å². The van der Waals surface area contributed by atoms with Crippen molar-refractivity contribution in [3.05, 3.63) is 28.8 Å². The van der Waals surface area contributed by atoms with Crippen LogP contribution in [-0.2, 0) is 21.5 Å². The number of nitrogens with one attached hydrogen (secondary N) is 2. The molecule has 26 heavy (non-hydrogen) atoms. The molecule has 146 valence electrons. The maximum Gasteiger partial charge on any atom is 0.227 e. The van der Waals surface area contributed by atoms with Gasteiger partial charge < -0.3 is 5.32 Å². The zero-order valence-electron chi connectivity index (χ0n) is 15.9. The molecule has 0 aliphatic heterocycles. The fraction of sp³-hybridized carbons (Fsp3) is 0.632. The van der Waals surface area contributed by atoms with Gasteiger partial charge in [0.25, 0.3) is 0 Å². The van der Waals surface area contributed by atoms with Crippen molar-refractivity contribution in [2.24, 2.45) is 5.92 Å². The Balaban J connectivity index is 1.94. The molecule has 0 saturated heterocycles. The number of benzene rings is 1. The Hall–Kier alpha value is -1.47. The molecule has 0 aromatic heterocycles. The minimum absolute atomic E-state index is 0.0503. The number of anilines is 1. The summed E-state index contributed by atoms with van der Waals surface area (Å²) in [5, 5.41) is 2.50. The Morgan fingerprint density at radius 1 is 1.15 bits per heavy atom. The van der Waals surface area contributed by atoms with Crippen molar-refractivity contribution in [3.63, 3.8) is 0 Å². The van der Waals surface area contributed by atoms with Gasteiger partial charge in [-0.3, -0.25) is 4.79 Å². The van der Waals surface area contributed by atoms with Gasteiger partial charge in [-0.1, -0.05) is 6.07 Å². The van der Waals surface area contributed by atoms with Crippen molar-refractivity contribution in [2.45, 2.75) is 71.3 Å². The van der Waals surface area contributed by atoms with E-state index in [1.165, 1.54) is 0 Å². The van der Waals surface area contributed by atoms with E-state index in [9.17, 15) is 17.6 Å². The molecule has 7 heteroatoms. The van der Waals surface area contributed by atoms with Crippen LogP contribution in [0.4, 0.5) is 10.1 Å². The van der Waals surface area contributed by atoms with Crippen LogP contribution in [-0.4, -0.2) is 25.6 Å². The lowest BCUT2D eigenvalue weighted by atomic mass is 9.86. The van der Waals surface area contributed by atoms with E-state index < -0.39 is 21.9 Å². The predicted molar refractivity (Wildman–Crippen MR) is 102 cm³/mol. The minimum Gasteiger partial charge on any atom is -0.326 e. The van der Waals surface area contributed by atoms with Crippen molar-refractivity contribution in [1.82, 2.24) is 4.72 Å². The van der Waals surface area contributed by atoms with Crippen LogP contribution in [0.5, 0.6) is 0 Å². The first-order valence-electron chi connectivity index (χ1n) is 9.12. The SMILES string of the molecule is Cc1c(CF)ccc(NC(=O)C2CCC(NS(=O)(=O)C(C)C)CC2)c1C. The van der Waals surface area contributed by atoms with Gasteiger partial charge in [0.15, 0.2) is 0 Å². The molecule has 0 atom stereocenters. The first-order chi connectivity index (χ1) is 12.2. The Bertz CT molecular complexity index is 754. The normalized spacial score (nSPS) is 21.0. The van der Waals surface area contributed by atoms with E-state index in [0.29, 0.717) is 36.9 Å². The highest BCUT2D eigenvalue weighted by Crippen LogP contribution is 2.28. The quantitative estimate of drug-likeness (QED) is 0.787. The molecule has 0 bridgehead atoms. The Morgan fingerprint density at radius 3 is 2.31 bits per heavy atom. The third kappa shape index (κ3) is 4.82. The van der Waals surface area contributed by atoms with E-state index in [4.69, 9.17) is 0 Å². The monoisotopic (exact) mass is 384 g/mol. The summed E-state index contributed by atoms with van der Waals surface area (Å²) in [7, 11) is -3.28. The smallest absolute Gasteiger partial charge is 0.227 e. The van der Waals surface area contributed by atoms with Gasteiger partial charge in [-0.2, -0.15) is 0 Å². The number of halogens is 1. The summed E-state index contributed by atoms with van der Waals surface area (Å²) in [5.74, 6) is -0.180. The Labute approximate surface area is 155 Å². The van der Waals surface area contributed by atoms with E-state index in [1.54, 1.807) is 26.0 Å². The van der Waals surface area contributed by atoms with Gasteiger partial charge >= 0.3 is 0 Å². The number of hydrogen-bond donors (Lipinski definition) is 2. The van der Waals surface area contributed by atoms with Crippen molar-refractivity contribution in [2.75, 3.05) is 5.32 Å². The summed E-state index contributed by atoms with van der Waals surface area (Å²) in [4.78, 5) is 12.6. The molecule has 1 aromatic carbocycles. The van der Waals surface area contributed by atoms with Gasteiger partial charge in [0.1, 0.15) is 6.67 Å². The molecule has 0 spiro atoms. The van der Waals surface area contributed by atoms with Crippen LogP contribution in [0.3, 0.4) is 0 Å². The van der Waals surface area contributed by atoms with Crippen LogP contribution in [0.15, 0.2) is 12.1 Å². The van der Waals surface area contributed by atoms with Gasteiger partial charge in [-0.05, 0) is 76.1 Å². The largest absolute Gasteiger partial charge is 0.326 e. The van der Waals surface area contributed by atoms with Crippen LogP contribution < -0.4 is 10.0 Å². The first-order valence-corrected chi connectivity index (χ1v) is 10.7. The topological polar surface area (TPSA) is 75.3 Å². The summed E-state index contributed by atoms with van der Waals surface area (Å²) in [6, 6.07) is 3.35. The lowest BCUT2D eigenvalue weighted by Crippen LogP contribution is -2.42. The molecule has 0 heterocycles. The van der Waals surface area contributed by atoms with Gasteiger partial charge in [-0.25, -0.2) is 17.5 Å². The molecule has 0 radical (unpaired) electrons. The van der Waals surface area contributed by atoms with Crippen molar-refractivity contribution < 1.29 is 17.6 Å². The van der Waals surface area contributed by atoms with Crippen LogP contribution in [0.25, 0.3) is 0 Å². The summed E-state index contributed by atoms with van der Waals surface area (Å²) in [5.41, 5.74) is 3.09. The van der Waals surface area contributed by atoms with Crippen LogP contribution in [0.2, 0.25) is 0 Å². The van der Waals surface area contributed by atoms with E-state index in [2.05, 4.69) is 10.0 Å². The standard InChI is InChI=1S/C19H29FN2O3S/c1-12(2)26(24,25)22-17-8-5-15(6-9-17)19(23)21-18-10-7-16(11-20)13(3)14(18)4/h7,10,12,15,17,22H,5-6,8-9,11H2,1-4H3,(H,21,23). The second kappa shape index (κ2) is 8.48. The van der Waals surface area contributed by atoms with Crippen molar-refractivity contribution >= 4 is 21.6 Å². The van der Waals surface area contributed by atoms with Gasteiger partial charge in [0.05, 0.1) is 5.25 Å². The molecular formula is C19H29FN2O3S. The molecule has 1 saturated carbocycles. The molecule has 2 N–H and O–H groups in total. The second-order valence-electron chi connectivity index (χ2n) is 7.41. The third-order valence-electron chi connectivity index (χ3n) is 5.35. The number of carbonyl (C=O) groups is 1. The lowest BCUT2D eigenvalue weighted by molar-refractivity contribution is -0.120. The maximum atomic E-state index is 12.9. The highest BCUT2D eigenvalue weighted by Gasteiger charge is 2.29. The van der Waals surface area contributed by atoms with Crippen LogP contribution in [0, 0.1) is 19.8 Å². The molecule has 1 amide bonds. The molecule has 0 unspecified atom stereocenters. The molecule has 1 fully saturated rings. The van der Waals surface area contributed by atoms with Gasteiger partial charge in [0.2, 0.25) is 15.9 Å². The summed E-state index contributed by atoms with van der Waals surface area (Å²) in [6.07, 6.45) is 2.61. The molecular weight excluding hydrogens is 355 g/mol. The Kier molecular flexibility index (Phi) is 6.80. The molecule has 1 aromatic rings. The number of sulfonamides is 1. The fourth-order valence-corrected chi connectivity index (χ4v) is 4.21. The van der Waals surface area contributed by atoms with Crippen LogP contribution >= 0.6 is 0 Å². The lowest BCUT2D eigenvalue weighted by Gasteiger charge is -2.29. The average Bonchev–Trinajstić information content (AvgIpc) is 2.59. The molecule has 1 aliphatic rings. The number of carbonyl (C=O) groups excluding carboxylic acids is 1. The zero-order chi connectivity index (χ0) is 19.5. The third-order valence-corrected chi connectivity index (χ3v) is 7.25.